The maximum atomic E-state index is 13.0. The van der Waals surface area contributed by atoms with E-state index in [1.54, 1.807) is 0 Å². The van der Waals surface area contributed by atoms with Crippen LogP contribution in [0.2, 0.25) is 0 Å². The van der Waals surface area contributed by atoms with Gasteiger partial charge >= 0.3 is 6.18 Å². The number of rotatable bonds is 1. The summed E-state index contributed by atoms with van der Waals surface area (Å²) in [6.07, 6.45) is -3.56. The number of alkyl halides is 3. The van der Waals surface area contributed by atoms with Crippen LogP contribution in [0.4, 0.5) is 13.2 Å². The molecule has 1 heterocycles. The molecule has 2 rings (SSSR count). The molecule has 104 valence electrons. The van der Waals surface area contributed by atoms with Gasteiger partial charge in [-0.2, -0.15) is 13.2 Å². The molecule has 1 aliphatic rings. The minimum atomic E-state index is -4.56. The summed E-state index contributed by atoms with van der Waals surface area (Å²) in [5.74, 6) is -0.155. The van der Waals surface area contributed by atoms with Gasteiger partial charge in [-0.25, -0.2) is 4.99 Å². The highest BCUT2D eigenvalue weighted by atomic mass is 19.4. The van der Waals surface area contributed by atoms with Crippen LogP contribution in [0.1, 0.15) is 31.9 Å². The molecule has 3 nitrogen and oxygen atoms in total. The first kappa shape index (κ1) is 13.7. The Bertz CT molecular complexity index is 532. The maximum absolute atomic E-state index is 13.0. The summed E-state index contributed by atoms with van der Waals surface area (Å²) < 4.78 is 39.1. The average Bonchev–Trinajstić information content (AvgIpc) is 2.10. The molecule has 0 amide bonds. The highest BCUT2D eigenvalue weighted by Crippen LogP contribution is 2.44. The van der Waals surface area contributed by atoms with Gasteiger partial charge in [-0.05, 0) is 17.0 Å². The first-order valence-corrected chi connectivity index (χ1v) is 5.80. The Morgan fingerprint density at radius 2 is 1.79 bits per heavy atom. The fourth-order valence-electron chi connectivity index (χ4n) is 2.06. The number of benzene rings is 1. The molecule has 0 spiro atoms. The molecule has 0 saturated heterocycles. The number of phenolic OH excluding ortho intramolecular Hbond substituents is 1. The van der Waals surface area contributed by atoms with Crippen molar-refractivity contribution >= 4 is 6.34 Å². The number of nitrogens with one attached hydrogen (secondary N) is 1. The Balaban J connectivity index is 2.49. The zero-order valence-electron chi connectivity index (χ0n) is 10.8. The highest BCUT2D eigenvalue weighted by Gasteiger charge is 2.59. The van der Waals surface area contributed by atoms with Gasteiger partial charge in [0.2, 0.25) is 0 Å². The Labute approximate surface area is 109 Å². The van der Waals surface area contributed by atoms with Crippen molar-refractivity contribution in [1.29, 1.82) is 0 Å². The fourth-order valence-corrected chi connectivity index (χ4v) is 2.06. The third kappa shape index (κ3) is 2.05. The van der Waals surface area contributed by atoms with Crippen molar-refractivity contribution < 1.29 is 18.3 Å². The van der Waals surface area contributed by atoms with E-state index < -0.39 is 11.8 Å². The van der Waals surface area contributed by atoms with E-state index in [0.717, 1.165) is 12.4 Å². The lowest BCUT2D eigenvalue weighted by molar-refractivity contribution is -0.199. The number of nitrogens with zero attached hydrogens (tertiary/aromatic N) is 1. The number of hydrogen-bond acceptors (Lipinski definition) is 3. The van der Waals surface area contributed by atoms with Crippen molar-refractivity contribution in [2.24, 2.45) is 4.99 Å². The quantitative estimate of drug-likeness (QED) is 0.825. The number of aliphatic imine (C=N–C) groups is 1. The van der Waals surface area contributed by atoms with Crippen LogP contribution in [0.25, 0.3) is 0 Å². The van der Waals surface area contributed by atoms with Crippen LogP contribution in [0, 0.1) is 0 Å². The number of hydrogen-bond donors (Lipinski definition) is 2. The van der Waals surface area contributed by atoms with E-state index in [9.17, 15) is 18.3 Å². The minimum Gasteiger partial charge on any atom is -0.508 e. The average molecular weight is 272 g/mol. The smallest absolute Gasteiger partial charge is 0.436 e. The molecule has 1 aliphatic heterocycles. The van der Waals surface area contributed by atoms with Crippen molar-refractivity contribution in [3.05, 3.63) is 29.3 Å². The second-order valence-electron chi connectivity index (χ2n) is 5.59. The van der Waals surface area contributed by atoms with Crippen molar-refractivity contribution in [2.75, 3.05) is 0 Å². The largest absolute Gasteiger partial charge is 0.508 e. The van der Waals surface area contributed by atoms with Crippen molar-refractivity contribution in [1.82, 2.24) is 5.32 Å². The van der Waals surface area contributed by atoms with Gasteiger partial charge in [0.15, 0.2) is 0 Å². The third-order valence-electron chi connectivity index (χ3n) is 3.17. The summed E-state index contributed by atoms with van der Waals surface area (Å²) in [6.45, 7) is 5.63. The summed E-state index contributed by atoms with van der Waals surface area (Å²) in [7, 11) is 0. The van der Waals surface area contributed by atoms with Crippen LogP contribution in [-0.4, -0.2) is 17.6 Å². The molecule has 6 heteroatoms. The lowest BCUT2D eigenvalue weighted by Gasteiger charge is -2.38. The Kier molecular flexibility index (Phi) is 2.80. The van der Waals surface area contributed by atoms with E-state index in [2.05, 4.69) is 10.3 Å². The van der Waals surface area contributed by atoms with Gasteiger partial charge in [-0.15, -0.1) is 0 Å². The lowest BCUT2D eigenvalue weighted by atomic mass is 9.84. The molecule has 1 aromatic rings. The fraction of sp³-hybridized carbons (Fsp3) is 0.462. The monoisotopic (exact) mass is 272 g/mol. The number of aromatic hydroxyl groups is 1. The summed E-state index contributed by atoms with van der Waals surface area (Å²) in [4.78, 5) is 3.40. The number of phenols is 1. The zero-order valence-corrected chi connectivity index (χ0v) is 10.8. The van der Waals surface area contributed by atoms with Gasteiger partial charge in [0.1, 0.15) is 5.75 Å². The normalized spacial score (nSPS) is 22.8. The molecule has 0 aromatic heterocycles. The van der Waals surface area contributed by atoms with E-state index in [4.69, 9.17) is 0 Å². The Morgan fingerprint density at radius 1 is 1.21 bits per heavy atom. The SMILES string of the molecule is CC(C)(C)c1ccc(C2(C(F)(F)F)N=CN2)cc1O. The lowest BCUT2D eigenvalue weighted by Crippen LogP contribution is -2.58. The van der Waals surface area contributed by atoms with Crippen molar-refractivity contribution in [2.45, 2.75) is 38.0 Å². The summed E-state index contributed by atoms with van der Waals surface area (Å²) in [6, 6.07) is 3.97. The van der Waals surface area contributed by atoms with Crippen LogP contribution in [0.5, 0.6) is 5.75 Å². The summed E-state index contributed by atoms with van der Waals surface area (Å²) in [5.41, 5.74) is -2.30. The van der Waals surface area contributed by atoms with Crippen molar-refractivity contribution in [3.63, 3.8) is 0 Å². The van der Waals surface area contributed by atoms with Crippen LogP contribution in [-0.2, 0) is 11.1 Å². The number of halogens is 3. The first-order valence-electron chi connectivity index (χ1n) is 5.80. The van der Waals surface area contributed by atoms with Crippen molar-refractivity contribution in [3.8, 4) is 5.75 Å². The van der Waals surface area contributed by atoms with E-state index in [1.165, 1.54) is 12.1 Å². The molecular formula is C13H15F3N2O. The molecule has 19 heavy (non-hydrogen) atoms. The van der Waals surface area contributed by atoms with E-state index in [-0.39, 0.29) is 16.7 Å². The van der Waals surface area contributed by atoms with Crippen LogP contribution >= 0.6 is 0 Å². The standard InChI is InChI=1S/C13H15F3N2O/c1-11(2,3)9-5-4-8(6-10(9)19)12(13(14,15)16)17-7-18-12/h4-7,19H,1-3H3,(H,17,18). The molecule has 0 radical (unpaired) electrons. The van der Waals surface area contributed by atoms with Gasteiger partial charge in [0.25, 0.3) is 5.66 Å². The topological polar surface area (TPSA) is 44.6 Å². The van der Waals surface area contributed by atoms with Gasteiger partial charge in [0, 0.05) is 5.56 Å². The second-order valence-corrected chi connectivity index (χ2v) is 5.59. The predicted molar refractivity (Wildman–Crippen MR) is 66.2 cm³/mol. The molecule has 0 bridgehead atoms. The zero-order chi connectivity index (χ0) is 14.5. The molecule has 0 saturated carbocycles. The van der Waals surface area contributed by atoms with Gasteiger partial charge in [0.05, 0.1) is 6.34 Å². The Morgan fingerprint density at radius 3 is 2.11 bits per heavy atom. The van der Waals surface area contributed by atoms with Crippen LogP contribution in [0.15, 0.2) is 23.2 Å². The molecule has 2 N–H and O–H groups in total. The molecular weight excluding hydrogens is 257 g/mol. The van der Waals surface area contributed by atoms with E-state index in [1.807, 2.05) is 20.8 Å². The molecule has 1 unspecified atom stereocenters. The van der Waals surface area contributed by atoms with E-state index >= 15 is 0 Å². The second kappa shape index (κ2) is 3.88. The minimum absolute atomic E-state index is 0.118. The predicted octanol–water partition coefficient (Wildman–Crippen LogP) is 3.04. The molecule has 0 fully saturated rings. The van der Waals surface area contributed by atoms with Gasteiger partial charge < -0.3 is 10.4 Å². The van der Waals surface area contributed by atoms with Gasteiger partial charge in [-0.1, -0.05) is 32.9 Å². The van der Waals surface area contributed by atoms with Crippen LogP contribution in [0.3, 0.4) is 0 Å². The molecule has 1 aromatic carbocycles. The van der Waals surface area contributed by atoms with Gasteiger partial charge in [-0.3, -0.25) is 0 Å². The third-order valence-corrected chi connectivity index (χ3v) is 3.17. The van der Waals surface area contributed by atoms with Crippen LogP contribution < -0.4 is 5.32 Å². The molecule has 1 atom stereocenters. The highest BCUT2D eigenvalue weighted by molar-refractivity contribution is 5.65. The first-order chi connectivity index (χ1) is 8.58. The summed E-state index contributed by atoms with van der Waals surface area (Å²) >= 11 is 0. The summed E-state index contributed by atoms with van der Waals surface area (Å²) in [5, 5.41) is 12.1. The van der Waals surface area contributed by atoms with E-state index in [0.29, 0.717) is 5.56 Å². The maximum Gasteiger partial charge on any atom is 0.436 e. The molecule has 0 aliphatic carbocycles. The Hall–Kier alpha value is -1.72.